The van der Waals surface area contributed by atoms with Crippen molar-refractivity contribution in [3.8, 4) is 0 Å². The van der Waals surface area contributed by atoms with Gasteiger partial charge >= 0.3 is 11.9 Å². The number of carboxylic acids is 2. The molecule has 3 aromatic carbocycles. The van der Waals surface area contributed by atoms with Crippen LogP contribution in [0.2, 0.25) is 0 Å². The summed E-state index contributed by atoms with van der Waals surface area (Å²) in [6.07, 6.45) is 0. The van der Waals surface area contributed by atoms with Gasteiger partial charge in [0, 0.05) is 0 Å². The molecule has 0 heterocycles. The molecule has 0 saturated carbocycles. The van der Waals surface area contributed by atoms with Crippen molar-refractivity contribution in [2.75, 3.05) is 0 Å². The standard InChI is InChI=1S/C12H12O2.C8H2F4O4/c13-7-10-5-1-3-9-4-2-6-11(8-14)12(9)10;9-3-1(7(13)14)4(10)6(12)2(5(3)11)8(15)16/h1-6,13-14H,7-8H2;(H,13,14)(H,15,16). The van der Waals surface area contributed by atoms with Crippen LogP contribution in [-0.2, 0) is 13.2 Å². The number of aliphatic hydroxyl groups excluding tert-OH is 2. The maximum atomic E-state index is 12.9. The van der Waals surface area contributed by atoms with Crippen LogP contribution < -0.4 is 0 Å². The third-order valence-electron chi connectivity index (χ3n) is 4.11. The molecule has 3 rings (SSSR count). The third-order valence-corrected chi connectivity index (χ3v) is 4.11. The van der Waals surface area contributed by atoms with E-state index < -0.39 is 46.3 Å². The number of rotatable bonds is 4. The Hall–Kier alpha value is -3.50. The minimum absolute atomic E-state index is 0.00829. The Morgan fingerprint density at radius 1 is 0.667 bits per heavy atom. The van der Waals surface area contributed by atoms with Gasteiger partial charge in [-0.2, -0.15) is 0 Å². The van der Waals surface area contributed by atoms with Crippen LogP contribution in [0.3, 0.4) is 0 Å². The highest BCUT2D eigenvalue weighted by Crippen LogP contribution is 2.24. The lowest BCUT2D eigenvalue weighted by Gasteiger charge is -2.07. The van der Waals surface area contributed by atoms with Gasteiger partial charge in [0.05, 0.1) is 13.2 Å². The molecule has 6 nitrogen and oxygen atoms in total. The van der Waals surface area contributed by atoms with Gasteiger partial charge in [-0.3, -0.25) is 0 Å². The van der Waals surface area contributed by atoms with E-state index in [9.17, 15) is 37.4 Å². The molecule has 0 saturated heterocycles. The van der Waals surface area contributed by atoms with E-state index in [1.54, 1.807) is 0 Å². The zero-order valence-corrected chi connectivity index (χ0v) is 15.0. The Balaban J connectivity index is 0.000000215. The van der Waals surface area contributed by atoms with Crippen molar-refractivity contribution >= 4 is 22.7 Å². The zero-order valence-electron chi connectivity index (χ0n) is 15.0. The predicted molar refractivity (Wildman–Crippen MR) is 96.0 cm³/mol. The summed E-state index contributed by atoms with van der Waals surface area (Å²) < 4.78 is 51.6. The van der Waals surface area contributed by atoms with E-state index in [4.69, 9.17) is 10.2 Å². The minimum atomic E-state index is -2.26. The summed E-state index contributed by atoms with van der Waals surface area (Å²) in [7, 11) is 0. The monoisotopic (exact) mass is 426 g/mol. The van der Waals surface area contributed by atoms with Crippen LogP contribution in [-0.4, -0.2) is 32.4 Å². The van der Waals surface area contributed by atoms with Crippen molar-refractivity contribution in [1.82, 2.24) is 0 Å². The molecule has 30 heavy (non-hydrogen) atoms. The molecule has 158 valence electrons. The number of fused-ring (bicyclic) bond motifs is 1. The fourth-order valence-electron chi connectivity index (χ4n) is 2.77. The molecule has 0 aliphatic rings. The second kappa shape index (κ2) is 9.33. The van der Waals surface area contributed by atoms with Crippen molar-refractivity contribution in [1.29, 1.82) is 0 Å². The van der Waals surface area contributed by atoms with Crippen LogP contribution in [0.5, 0.6) is 0 Å². The highest BCUT2D eigenvalue weighted by atomic mass is 19.2. The number of benzene rings is 3. The predicted octanol–water partition coefficient (Wildman–Crippen LogP) is 3.46. The number of hydrogen-bond acceptors (Lipinski definition) is 4. The number of carboxylic acid groups (broad SMARTS) is 2. The van der Waals surface area contributed by atoms with Crippen LogP contribution in [0.1, 0.15) is 31.8 Å². The topological polar surface area (TPSA) is 115 Å². The van der Waals surface area contributed by atoms with E-state index >= 15 is 0 Å². The average molecular weight is 426 g/mol. The SMILES string of the molecule is O=C(O)c1c(F)c(F)c(C(=O)O)c(F)c1F.OCc1cccc2cccc(CO)c12. The summed E-state index contributed by atoms with van der Waals surface area (Å²) in [4.78, 5) is 20.5. The molecule has 0 aliphatic heterocycles. The van der Waals surface area contributed by atoms with Crippen LogP contribution in [0.4, 0.5) is 17.6 Å². The second-order valence-electron chi connectivity index (χ2n) is 5.86. The van der Waals surface area contributed by atoms with Gasteiger partial charge in [-0.1, -0.05) is 36.4 Å². The van der Waals surface area contributed by atoms with Gasteiger partial charge < -0.3 is 20.4 Å². The van der Waals surface area contributed by atoms with E-state index in [2.05, 4.69) is 0 Å². The van der Waals surface area contributed by atoms with Crippen molar-refractivity contribution in [3.05, 3.63) is 81.9 Å². The highest BCUT2D eigenvalue weighted by molar-refractivity contribution is 5.93. The maximum absolute atomic E-state index is 12.9. The van der Waals surface area contributed by atoms with Gasteiger partial charge in [0.25, 0.3) is 0 Å². The van der Waals surface area contributed by atoms with Gasteiger partial charge in [-0.25, -0.2) is 27.2 Å². The van der Waals surface area contributed by atoms with Crippen molar-refractivity contribution < 1.29 is 47.6 Å². The Morgan fingerprint density at radius 3 is 1.27 bits per heavy atom. The summed E-state index contributed by atoms with van der Waals surface area (Å²) in [5, 5.41) is 36.9. The van der Waals surface area contributed by atoms with Gasteiger partial charge in [-0.05, 0) is 21.9 Å². The van der Waals surface area contributed by atoms with Crippen molar-refractivity contribution in [2.45, 2.75) is 13.2 Å². The molecule has 0 aliphatic carbocycles. The van der Waals surface area contributed by atoms with Gasteiger partial charge in [0.15, 0.2) is 23.3 Å². The number of halogens is 4. The zero-order chi connectivity index (χ0) is 22.6. The molecular formula is C20H14F4O6. The molecule has 0 bridgehead atoms. The number of aliphatic hydroxyl groups is 2. The molecular weight excluding hydrogens is 412 g/mol. The quantitative estimate of drug-likeness (QED) is 0.375. The van der Waals surface area contributed by atoms with Crippen LogP contribution in [0, 0.1) is 23.3 Å². The Morgan fingerprint density at radius 2 is 1.00 bits per heavy atom. The van der Waals surface area contributed by atoms with Crippen LogP contribution in [0.25, 0.3) is 10.8 Å². The van der Waals surface area contributed by atoms with Crippen molar-refractivity contribution in [3.63, 3.8) is 0 Å². The fraction of sp³-hybridized carbons (Fsp3) is 0.100. The van der Waals surface area contributed by atoms with E-state index in [1.807, 2.05) is 36.4 Å². The largest absolute Gasteiger partial charge is 0.477 e. The second-order valence-corrected chi connectivity index (χ2v) is 5.86. The van der Waals surface area contributed by atoms with Gasteiger partial charge in [0.1, 0.15) is 11.1 Å². The third kappa shape index (κ3) is 4.24. The number of hydrogen-bond donors (Lipinski definition) is 4. The van der Waals surface area contributed by atoms with Gasteiger partial charge in [0.2, 0.25) is 0 Å². The summed E-state index contributed by atoms with van der Waals surface area (Å²) >= 11 is 0. The summed E-state index contributed by atoms with van der Waals surface area (Å²) in [6, 6.07) is 11.5. The first-order valence-corrected chi connectivity index (χ1v) is 8.19. The molecule has 4 N–H and O–H groups in total. The molecule has 10 heteroatoms. The first kappa shape index (κ1) is 22.8. The molecule has 0 spiro atoms. The van der Waals surface area contributed by atoms with Gasteiger partial charge in [-0.15, -0.1) is 0 Å². The number of carbonyl (C=O) groups is 2. The molecule has 0 radical (unpaired) electrons. The molecule has 0 aromatic heterocycles. The molecule has 0 unspecified atom stereocenters. The first-order valence-electron chi connectivity index (χ1n) is 8.19. The maximum Gasteiger partial charge on any atom is 0.341 e. The molecule has 3 aromatic rings. The van der Waals surface area contributed by atoms with E-state index in [1.165, 1.54) is 0 Å². The Kier molecular flexibility index (Phi) is 7.09. The van der Waals surface area contributed by atoms with E-state index in [-0.39, 0.29) is 13.2 Å². The van der Waals surface area contributed by atoms with E-state index in [0.717, 1.165) is 21.9 Å². The fourth-order valence-corrected chi connectivity index (χ4v) is 2.77. The lowest BCUT2D eigenvalue weighted by molar-refractivity contribution is 0.0658. The summed E-state index contributed by atoms with van der Waals surface area (Å²) in [5.74, 6) is -13.5. The Bertz CT molecular complexity index is 1020. The molecule has 0 atom stereocenters. The van der Waals surface area contributed by atoms with E-state index in [0.29, 0.717) is 0 Å². The highest BCUT2D eigenvalue weighted by Gasteiger charge is 2.32. The summed E-state index contributed by atoms with van der Waals surface area (Å²) in [5.41, 5.74) is -2.01. The average Bonchev–Trinajstić information content (AvgIpc) is 2.71. The number of aromatic carboxylic acids is 2. The summed E-state index contributed by atoms with van der Waals surface area (Å²) in [6.45, 7) is 0.0166. The normalized spacial score (nSPS) is 10.5. The molecule has 0 amide bonds. The van der Waals surface area contributed by atoms with Crippen LogP contribution >= 0.6 is 0 Å². The smallest absolute Gasteiger partial charge is 0.341 e. The van der Waals surface area contributed by atoms with Crippen LogP contribution in [0.15, 0.2) is 36.4 Å². The van der Waals surface area contributed by atoms with Crippen molar-refractivity contribution in [2.24, 2.45) is 0 Å². The molecule has 0 fully saturated rings. The lowest BCUT2D eigenvalue weighted by Crippen LogP contribution is -2.15. The Labute approximate surface area is 166 Å². The minimum Gasteiger partial charge on any atom is -0.477 e. The first-order chi connectivity index (χ1) is 14.1. The lowest BCUT2D eigenvalue weighted by atomic mass is 10.00.